The van der Waals surface area contributed by atoms with Gasteiger partial charge < -0.3 is 10.2 Å². The van der Waals surface area contributed by atoms with Crippen LogP contribution in [0.25, 0.3) is 55.3 Å². The average Bonchev–Trinajstić information content (AvgIpc) is 3.52. The van der Waals surface area contributed by atoms with Crippen molar-refractivity contribution in [2.24, 2.45) is 5.73 Å². The van der Waals surface area contributed by atoms with Gasteiger partial charge in [-0.3, -0.25) is 5.41 Å². The molecule has 1 heterocycles. The van der Waals surface area contributed by atoms with Crippen LogP contribution in [0.1, 0.15) is 24.0 Å². The van der Waals surface area contributed by atoms with Gasteiger partial charge in [0, 0.05) is 16.3 Å². The van der Waals surface area contributed by atoms with Crippen molar-refractivity contribution in [2.45, 2.75) is 19.3 Å². The van der Waals surface area contributed by atoms with Crippen molar-refractivity contribution in [1.82, 2.24) is 0 Å². The number of nitrogens with two attached hydrogens (primary N) is 1. The molecule has 228 valence electrons. The van der Waals surface area contributed by atoms with Crippen molar-refractivity contribution >= 4 is 27.8 Å². The number of hydrogen-bond acceptors (Lipinski definition) is 2. The summed E-state index contributed by atoms with van der Waals surface area (Å²) in [4.78, 5) is 0. The van der Waals surface area contributed by atoms with Gasteiger partial charge in [-0.2, -0.15) is 0 Å². The monoisotopic (exact) mass is 608 g/mol. The first kappa shape index (κ1) is 29.8. The lowest BCUT2D eigenvalue weighted by Crippen LogP contribution is -2.10. The predicted octanol–water partition coefficient (Wildman–Crippen LogP) is 11.4. The fraction of sp³-hybridized carbons (Fsp3) is 0.0682. The second-order valence-electron chi connectivity index (χ2n) is 11.8. The number of nitrogens with one attached hydrogen (secondary N) is 1. The standard InChI is InChI=1S/C31H26.C13H10N2O/c1-4-10-24(11-5-1)22-25-16-18-28(19-17-25)30-21-20-29(26-12-6-2-7-13-26)23-31(30)27-14-8-3-9-15-27;14-13(15)9-5-3-7-11-12(9)8-4-1-2-6-10(8)16-11/h1-4,6-10,12-21,23H,5,11,22H2;1-7H,(H3,14,15). The second kappa shape index (κ2) is 13.6. The normalized spacial score (nSPS) is 12.4. The minimum atomic E-state index is 0.0668. The zero-order valence-corrected chi connectivity index (χ0v) is 26.2. The van der Waals surface area contributed by atoms with Gasteiger partial charge in [0.25, 0.3) is 0 Å². The summed E-state index contributed by atoms with van der Waals surface area (Å²) in [5.74, 6) is 0.0668. The first-order valence-electron chi connectivity index (χ1n) is 16.1. The summed E-state index contributed by atoms with van der Waals surface area (Å²) in [6, 6.07) is 50.6. The molecule has 0 spiro atoms. The van der Waals surface area contributed by atoms with E-state index < -0.39 is 0 Å². The number of rotatable bonds is 6. The van der Waals surface area contributed by atoms with E-state index in [1.165, 1.54) is 50.9 Å². The largest absolute Gasteiger partial charge is 0.456 e. The fourth-order valence-electron chi connectivity index (χ4n) is 6.33. The highest BCUT2D eigenvalue weighted by Crippen LogP contribution is 2.36. The van der Waals surface area contributed by atoms with E-state index in [1.54, 1.807) is 0 Å². The van der Waals surface area contributed by atoms with E-state index in [9.17, 15) is 0 Å². The fourth-order valence-corrected chi connectivity index (χ4v) is 6.33. The topological polar surface area (TPSA) is 63.0 Å². The van der Waals surface area contributed by atoms with Gasteiger partial charge in [0.05, 0.1) is 0 Å². The Kier molecular flexibility index (Phi) is 8.61. The van der Waals surface area contributed by atoms with Crippen LogP contribution in [0.2, 0.25) is 0 Å². The molecular formula is C44H36N2O. The van der Waals surface area contributed by atoms with Crippen LogP contribution in [-0.4, -0.2) is 5.84 Å². The van der Waals surface area contributed by atoms with Crippen LogP contribution in [0.4, 0.5) is 0 Å². The Morgan fingerprint density at radius 1 is 0.617 bits per heavy atom. The van der Waals surface area contributed by atoms with E-state index in [0.717, 1.165) is 40.3 Å². The number of para-hydroxylation sites is 1. The maximum atomic E-state index is 7.57. The van der Waals surface area contributed by atoms with E-state index in [1.807, 2.05) is 42.5 Å². The summed E-state index contributed by atoms with van der Waals surface area (Å²) < 4.78 is 5.69. The summed E-state index contributed by atoms with van der Waals surface area (Å²) in [5, 5.41) is 9.49. The van der Waals surface area contributed by atoms with E-state index in [0.29, 0.717) is 0 Å². The lowest BCUT2D eigenvalue weighted by atomic mass is 9.90. The minimum absolute atomic E-state index is 0.0668. The van der Waals surface area contributed by atoms with Gasteiger partial charge in [-0.15, -0.1) is 0 Å². The Morgan fingerprint density at radius 2 is 1.28 bits per heavy atom. The molecule has 7 aromatic rings. The molecular weight excluding hydrogens is 572 g/mol. The van der Waals surface area contributed by atoms with Gasteiger partial charge in [-0.25, -0.2) is 0 Å². The molecule has 0 radical (unpaired) electrons. The first-order chi connectivity index (χ1) is 23.1. The van der Waals surface area contributed by atoms with Crippen LogP contribution in [0.5, 0.6) is 0 Å². The zero-order valence-electron chi connectivity index (χ0n) is 26.2. The molecule has 1 aromatic heterocycles. The molecule has 0 atom stereocenters. The molecule has 0 bridgehead atoms. The van der Waals surface area contributed by atoms with Gasteiger partial charge in [0.2, 0.25) is 0 Å². The SMILES string of the molecule is C1=CCCC(Cc2ccc(-c3ccc(-c4ccccc4)cc3-c3ccccc3)cc2)=C1.N=C(N)c1cccc2oc3ccccc3c12. The van der Waals surface area contributed by atoms with Crippen molar-refractivity contribution in [3.8, 4) is 33.4 Å². The highest BCUT2D eigenvalue weighted by molar-refractivity contribution is 6.16. The molecule has 0 saturated carbocycles. The van der Waals surface area contributed by atoms with Crippen LogP contribution in [0.15, 0.2) is 174 Å². The zero-order chi connectivity index (χ0) is 32.0. The van der Waals surface area contributed by atoms with Crippen LogP contribution in [0.3, 0.4) is 0 Å². The number of allylic oxidation sites excluding steroid dienone is 4. The highest BCUT2D eigenvalue weighted by Gasteiger charge is 2.12. The number of nitrogen functional groups attached to an aromatic ring is 1. The molecule has 0 fully saturated rings. The third-order valence-electron chi connectivity index (χ3n) is 8.70. The molecule has 0 aliphatic heterocycles. The molecule has 6 aromatic carbocycles. The Morgan fingerprint density at radius 3 is 2.00 bits per heavy atom. The third kappa shape index (κ3) is 6.56. The van der Waals surface area contributed by atoms with Crippen molar-refractivity contribution in [3.63, 3.8) is 0 Å². The Bertz CT molecular complexity index is 2220. The second-order valence-corrected chi connectivity index (χ2v) is 11.8. The van der Waals surface area contributed by atoms with Gasteiger partial charge in [0.1, 0.15) is 17.0 Å². The number of benzene rings is 6. The minimum Gasteiger partial charge on any atom is -0.456 e. The summed E-state index contributed by atoms with van der Waals surface area (Å²) in [7, 11) is 0. The van der Waals surface area contributed by atoms with E-state index in [4.69, 9.17) is 15.6 Å². The van der Waals surface area contributed by atoms with Gasteiger partial charge in [-0.1, -0.05) is 151 Å². The highest BCUT2D eigenvalue weighted by atomic mass is 16.3. The smallest absolute Gasteiger partial charge is 0.136 e. The maximum absolute atomic E-state index is 7.57. The Labute approximate surface area is 275 Å². The average molecular weight is 609 g/mol. The lowest BCUT2D eigenvalue weighted by Gasteiger charge is -2.14. The molecule has 3 nitrogen and oxygen atoms in total. The molecule has 0 amide bonds. The quantitative estimate of drug-likeness (QED) is 0.146. The molecule has 0 unspecified atom stereocenters. The van der Waals surface area contributed by atoms with Crippen molar-refractivity contribution in [2.75, 3.05) is 0 Å². The number of fused-ring (bicyclic) bond motifs is 3. The molecule has 47 heavy (non-hydrogen) atoms. The van der Waals surface area contributed by atoms with E-state index in [2.05, 4.69) is 121 Å². The number of amidine groups is 1. The van der Waals surface area contributed by atoms with Crippen LogP contribution in [-0.2, 0) is 6.42 Å². The molecule has 3 N–H and O–H groups in total. The first-order valence-corrected chi connectivity index (χ1v) is 16.1. The van der Waals surface area contributed by atoms with Crippen molar-refractivity contribution in [3.05, 3.63) is 181 Å². The van der Waals surface area contributed by atoms with Gasteiger partial charge in [0.15, 0.2) is 0 Å². The lowest BCUT2D eigenvalue weighted by molar-refractivity contribution is 0.669. The van der Waals surface area contributed by atoms with Crippen LogP contribution < -0.4 is 5.73 Å². The third-order valence-corrected chi connectivity index (χ3v) is 8.70. The Hall–Kier alpha value is -5.93. The van der Waals surface area contributed by atoms with Crippen LogP contribution >= 0.6 is 0 Å². The number of hydrogen-bond donors (Lipinski definition) is 2. The molecule has 0 saturated heterocycles. The van der Waals surface area contributed by atoms with Gasteiger partial charge >= 0.3 is 0 Å². The molecule has 1 aliphatic carbocycles. The summed E-state index contributed by atoms with van der Waals surface area (Å²) in [5.41, 5.74) is 18.4. The predicted molar refractivity (Wildman–Crippen MR) is 198 cm³/mol. The maximum Gasteiger partial charge on any atom is 0.136 e. The molecule has 1 aliphatic rings. The summed E-state index contributed by atoms with van der Waals surface area (Å²) in [6.45, 7) is 0. The van der Waals surface area contributed by atoms with E-state index in [-0.39, 0.29) is 5.84 Å². The van der Waals surface area contributed by atoms with Crippen molar-refractivity contribution < 1.29 is 4.42 Å². The Balaban J connectivity index is 0.000000183. The molecule has 8 rings (SSSR count). The van der Waals surface area contributed by atoms with Crippen LogP contribution in [0, 0.1) is 5.41 Å². The summed E-state index contributed by atoms with van der Waals surface area (Å²) in [6.07, 6.45) is 10.1. The molecule has 3 heteroatoms. The summed E-state index contributed by atoms with van der Waals surface area (Å²) >= 11 is 0. The van der Waals surface area contributed by atoms with Crippen molar-refractivity contribution in [1.29, 1.82) is 5.41 Å². The van der Waals surface area contributed by atoms with E-state index >= 15 is 0 Å². The number of furan rings is 1. The van der Waals surface area contributed by atoms with Gasteiger partial charge in [-0.05, 0) is 76.4 Å².